The second-order valence-corrected chi connectivity index (χ2v) is 5.84. The third-order valence-electron chi connectivity index (χ3n) is 4.38. The van der Waals surface area contributed by atoms with Crippen molar-refractivity contribution in [3.05, 3.63) is 71.8 Å². The molecule has 0 aliphatic carbocycles. The van der Waals surface area contributed by atoms with E-state index in [0.717, 1.165) is 12.5 Å². The van der Waals surface area contributed by atoms with Gasteiger partial charge in [-0.05, 0) is 49.3 Å². The van der Waals surface area contributed by atoms with Crippen LogP contribution in [0.25, 0.3) is 0 Å². The first-order valence-corrected chi connectivity index (χ1v) is 7.74. The summed E-state index contributed by atoms with van der Waals surface area (Å²) in [6, 6.07) is 22.3. The molecule has 1 aliphatic heterocycles. The minimum atomic E-state index is 0.539. The van der Waals surface area contributed by atoms with E-state index in [2.05, 4.69) is 66.0 Å². The molecule has 0 bridgehead atoms. The molecule has 2 aromatic rings. The van der Waals surface area contributed by atoms with E-state index in [1.165, 1.54) is 36.8 Å². The van der Waals surface area contributed by atoms with Gasteiger partial charge < -0.3 is 5.32 Å². The SMILES string of the molecule is c1ccc(C[C@@H]2CCN[C@H](c3ccccc3)CC2)cc1. The molecule has 1 heteroatoms. The van der Waals surface area contributed by atoms with Crippen molar-refractivity contribution in [3.63, 3.8) is 0 Å². The Morgan fingerprint density at radius 3 is 2.25 bits per heavy atom. The quantitative estimate of drug-likeness (QED) is 0.869. The molecule has 1 fully saturated rings. The summed E-state index contributed by atoms with van der Waals surface area (Å²) >= 11 is 0. The lowest BCUT2D eigenvalue weighted by Crippen LogP contribution is -2.20. The van der Waals surface area contributed by atoms with Crippen molar-refractivity contribution in [3.8, 4) is 0 Å². The third-order valence-corrected chi connectivity index (χ3v) is 4.38. The fourth-order valence-corrected chi connectivity index (χ4v) is 3.23. The van der Waals surface area contributed by atoms with Crippen molar-refractivity contribution in [2.75, 3.05) is 6.54 Å². The van der Waals surface area contributed by atoms with E-state index >= 15 is 0 Å². The maximum Gasteiger partial charge on any atom is 0.0320 e. The van der Waals surface area contributed by atoms with Gasteiger partial charge in [-0.15, -0.1) is 0 Å². The van der Waals surface area contributed by atoms with E-state index < -0.39 is 0 Å². The molecule has 1 aliphatic rings. The molecule has 0 aromatic heterocycles. The summed E-state index contributed by atoms with van der Waals surface area (Å²) in [5, 5.41) is 3.71. The van der Waals surface area contributed by atoms with Crippen LogP contribution in [0.4, 0.5) is 0 Å². The smallest absolute Gasteiger partial charge is 0.0320 e. The Kier molecular flexibility index (Phi) is 4.49. The van der Waals surface area contributed by atoms with E-state index in [4.69, 9.17) is 0 Å². The Bertz CT molecular complexity index is 506. The zero-order valence-corrected chi connectivity index (χ0v) is 12.0. The molecular weight excluding hydrogens is 242 g/mol. The van der Waals surface area contributed by atoms with Gasteiger partial charge in [-0.3, -0.25) is 0 Å². The van der Waals surface area contributed by atoms with Crippen LogP contribution in [0.2, 0.25) is 0 Å². The van der Waals surface area contributed by atoms with E-state index in [1.807, 2.05) is 0 Å². The third kappa shape index (κ3) is 3.49. The van der Waals surface area contributed by atoms with Crippen molar-refractivity contribution in [2.45, 2.75) is 31.7 Å². The monoisotopic (exact) mass is 265 g/mol. The topological polar surface area (TPSA) is 12.0 Å². The summed E-state index contributed by atoms with van der Waals surface area (Å²) in [4.78, 5) is 0. The second kappa shape index (κ2) is 6.71. The predicted octanol–water partition coefficient (Wildman–Crippen LogP) is 4.36. The van der Waals surface area contributed by atoms with Crippen LogP contribution < -0.4 is 5.32 Å². The first-order valence-electron chi connectivity index (χ1n) is 7.74. The predicted molar refractivity (Wildman–Crippen MR) is 84.7 cm³/mol. The van der Waals surface area contributed by atoms with Crippen LogP contribution in [0, 0.1) is 5.92 Å². The van der Waals surface area contributed by atoms with Crippen molar-refractivity contribution >= 4 is 0 Å². The Morgan fingerprint density at radius 1 is 0.800 bits per heavy atom. The number of hydrogen-bond donors (Lipinski definition) is 1. The molecular formula is C19H23N. The zero-order valence-electron chi connectivity index (χ0n) is 12.0. The maximum atomic E-state index is 3.71. The van der Waals surface area contributed by atoms with Crippen LogP contribution in [0.15, 0.2) is 60.7 Å². The summed E-state index contributed by atoms with van der Waals surface area (Å²) in [6.45, 7) is 1.14. The van der Waals surface area contributed by atoms with Gasteiger partial charge in [0, 0.05) is 6.04 Å². The van der Waals surface area contributed by atoms with Gasteiger partial charge in [0.15, 0.2) is 0 Å². The highest BCUT2D eigenvalue weighted by Gasteiger charge is 2.19. The van der Waals surface area contributed by atoms with Crippen molar-refractivity contribution in [1.29, 1.82) is 0 Å². The van der Waals surface area contributed by atoms with Crippen LogP contribution in [-0.2, 0) is 6.42 Å². The van der Waals surface area contributed by atoms with Gasteiger partial charge in [-0.1, -0.05) is 60.7 Å². The fraction of sp³-hybridized carbons (Fsp3) is 0.368. The first-order chi connectivity index (χ1) is 9.92. The minimum absolute atomic E-state index is 0.539. The summed E-state index contributed by atoms with van der Waals surface area (Å²) in [5.74, 6) is 0.818. The lowest BCUT2D eigenvalue weighted by molar-refractivity contribution is 0.462. The average Bonchev–Trinajstić information content (AvgIpc) is 2.75. The van der Waals surface area contributed by atoms with Crippen LogP contribution >= 0.6 is 0 Å². The van der Waals surface area contributed by atoms with Gasteiger partial charge in [0.1, 0.15) is 0 Å². The van der Waals surface area contributed by atoms with E-state index in [1.54, 1.807) is 0 Å². The van der Waals surface area contributed by atoms with Crippen molar-refractivity contribution in [1.82, 2.24) is 5.32 Å². The zero-order chi connectivity index (χ0) is 13.6. The molecule has 1 nitrogen and oxygen atoms in total. The normalized spacial score (nSPS) is 23.2. The standard InChI is InChI=1S/C19H23N/c1-3-7-16(8-4-1)15-17-11-12-19(20-14-13-17)18-9-5-2-6-10-18/h1-10,17,19-20H,11-15H2/t17-,19-/m0/s1. The highest BCUT2D eigenvalue weighted by molar-refractivity contribution is 5.19. The summed E-state index contributed by atoms with van der Waals surface area (Å²) in [7, 11) is 0. The van der Waals surface area contributed by atoms with Gasteiger partial charge in [0.2, 0.25) is 0 Å². The van der Waals surface area contributed by atoms with E-state index in [-0.39, 0.29) is 0 Å². The van der Waals surface area contributed by atoms with Crippen LogP contribution in [0.1, 0.15) is 36.4 Å². The molecule has 0 unspecified atom stereocenters. The van der Waals surface area contributed by atoms with Gasteiger partial charge in [0.05, 0.1) is 0 Å². The maximum absolute atomic E-state index is 3.71. The number of nitrogens with one attached hydrogen (secondary N) is 1. The van der Waals surface area contributed by atoms with E-state index in [0.29, 0.717) is 6.04 Å². The Balaban J connectivity index is 1.60. The Hall–Kier alpha value is -1.60. The minimum Gasteiger partial charge on any atom is -0.310 e. The molecule has 20 heavy (non-hydrogen) atoms. The Morgan fingerprint density at radius 2 is 1.50 bits per heavy atom. The summed E-state index contributed by atoms with van der Waals surface area (Å²) in [5.41, 5.74) is 2.92. The molecule has 0 amide bonds. The second-order valence-electron chi connectivity index (χ2n) is 5.84. The van der Waals surface area contributed by atoms with Gasteiger partial charge >= 0.3 is 0 Å². The lowest BCUT2D eigenvalue weighted by atomic mass is 9.91. The molecule has 0 saturated carbocycles. The molecule has 1 saturated heterocycles. The van der Waals surface area contributed by atoms with Gasteiger partial charge in [0.25, 0.3) is 0 Å². The Labute approximate surface area is 122 Å². The van der Waals surface area contributed by atoms with Gasteiger partial charge in [-0.25, -0.2) is 0 Å². The number of hydrogen-bond acceptors (Lipinski definition) is 1. The van der Waals surface area contributed by atoms with E-state index in [9.17, 15) is 0 Å². The molecule has 2 aromatic carbocycles. The van der Waals surface area contributed by atoms with Crippen LogP contribution in [0.5, 0.6) is 0 Å². The average molecular weight is 265 g/mol. The van der Waals surface area contributed by atoms with Crippen molar-refractivity contribution < 1.29 is 0 Å². The molecule has 104 valence electrons. The molecule has 0 radical (unpaired) electrons. The highest BCUT2D eigenvalue weighted by Crippen LogP contribution is 2.27. The largest absolute Gasteiger partial charge is 0.310 e. The summed E-state index contributed by atoms with van der Waals surface area (Å²) < 4.78 is 0. The van der Waals surface area contributed by atoms with Gasteiger partial charge in [-0.2, -0.15) is 0 Å². The summed E-state index contributed by atoms with van der Waals surface area (Å²) in [6.07, 6.45) is 5.09. The number of rotatable bonds is 3. The number of benzene rings is 2. The van der Waals surface area contributed by atoms with Crippen LogP contribution in [-0.4, -0.2) is 6.54 Å². The molecule has 1 N–H and O–H groups in total. The van der Waals surface area contributed by atoms with Crippen LogP contribution in [0.3, 0.4) is 0 Å². The van der Waals surface area contributed by atoms with Crippen molar-refractivity contribution in [2.24, 2.45) is 5.92 Å². The lowest BCUT2D eigenvalue weighted by Gasteiger charge is -2.16. The molecule has 0 spiro atoms. The molecule has 1 heterocycles. The first kappa shape index (κ1) is 13.4. The fourth-order valence-electron chi connectivity index (χ4n) is 3.23. The molecule has 2 atom stereocenters. The molecule has 3 rings (SSSR count). The highest BCUT2D eigenvalue weighted by atomic mass is 14.9.